The van der Waals surface area contributed by atoms with Crippen molar-refractivity contribution < 1.29 is 19.2 Å². The molecule has 0 spiro atoms. The molecule has 12 nitrogen and oxygen atoms in total. The summed E-state index contributed by atoms with van der Waals surface area (Å²) in [5.41, 5.74) is 4.80. The number of rotatable bonds is 11. The van der Waals surface area contributed by atoms with Gasteiger partial charge in [-0.1, -0.05) is 78.7 Å². The summed E-state index contributed by atoms with van der Waals surface area (Å²) in [7, 11) is 0. The van der Waals surface area contributed by atoms with E-state index in [0.29, 0.717) is 24.6 Å². The van der Waals surface area contributed by atoms with Gasteiger partial charge in [-0.15, -0.1) is 0 Å². The molecule has 294 valence electrons. The number of carbonyl (C=O) groups excluding carboxylic acids is 4. The van der Waals surface area contributed by atoms with Crippen molar-refractivity contribution in [1.82, 2.24) is 40.4 Å². The summed E-state index contributed by atoms with van der Waals surface area (Å²) < 4.78 is 0. The maximum Gasteiger partial charge on any atom is 0.250 e. The van der Waals surface area contributed by atoms with Crippen molar-refractivity contribution in [3.05, 3.63) is 131 Å². The molecule has 2 aliphatic heterocycles. The Kier molecular flexibility index (Phi) is 10.4. The van der Waals surface area contributed by atoms with Gasteiger partial charge < -0.3 is 30.4 Å². The average Bonchev–Trinajstić information content (AvgIpc) is 4.03. The first-order valence-corrected chi connectivity index (χ1v) is 20.4. The van der Waals surface area contributed by atoms with Crippen LogP contribution in [0.15, 0.2) is 97.3 Å². The van der Waals surface area contributed by atoms with Crippen molar-refractivity contribution in [2.45, 2.75) is 75.5 Å². The van der Waals surface area contributed by atoms with E-state index >= 15 is 0 Å². The normalized spacial score (nSPS) is 19.9. The second-order valence-electron chi connectivity index (χ2n) is 15.8. The summed E-state index contributed by atoms with van der Waals surface area (Å²) in [6, 6.07) is 24.9. The van der Waals surface area contributed by atoms with E-state index in [-0.39, 0.29) is 47.5 Å². The number of imidazole rings is 2. The van der Waals surface area contributed by atoms with E-state index in [1.807, 2.05) is 94.7 Å². The zero-order valence-corrected chi connectivity index (χ0v) is 32.2. The molecule has 2 saturated carbocycles. The van der Waals surface area contributed by atoms with Gasteiger partial charge in [0, 0.05) is 30.5 Å². The third-order valence-electron chi connectivity index (χ3n) is 11.7. The van der Waals surface area contributed by atoms with E-state index in [0.717, 1.165) is 85.1 Å². The van der Waals surface area contributed by atoms with Gasteiger partial charge in [0.15, 0.2) is 0 Å². The second kappa shape index (κ2) is 16.2. The monoisotopic (exact) mass is 774 g/mol. The minimum atomic E-state index is -0.744. The van der Waals surface area contributed by atoms with Crippen molar-refractivity contribution in [2.75, 3.05) is 13.1 Å². The number of aromatic amines is 2. The maximum absolute atomic E-state index is 14.0. The smallest absolute Gasteiger partial charge is 0.250 e. The van der Waals surface area contributed by atoms with E-state index < -0.39 is 12.1 Å². The first-order valence-electron chi connectivity index (χ1n) is 20.4. The fourth-order valence-electron chi connectivity index (χ4n) is 8.13. The molecule has 4 aliphatic rings. The minimum absolute atomic E-state index is 0.00332. The van der Waals surface area contributed by atoms with Gasteiger partial charge in [0.1, 0.15) is 29.4 Å². The fourth-order valence-corrected chi connectivity index (χ4v) is 8.13. The van der Waals surface area contributed by atoms with Gasteiger partial charge in [-0.25, -0.2) is 9.97 Å². The van der Waals surface area contributed by atoms with E-state index in [4.69, 9.17) is 4.98 Å². The Morgan fingerprint density at radius 1 is 0.603 bits per heavy atom. The van der Waals surface area contributed by atoms with E-state index in [1.165, 1.54) is 0 Å². The molecule has 4 N–H and O–H groups in total. The van der Waals surface area contributed by atoms with Gasteiger partial charge in [-0.2, -0.15) is 0 Å². The Bertz CT molecular complexity index is 2350. The quantitative estimate of drug-likeness (QED) is 0.120. The third kappa shape index (κ3) is 8.03. The van der Waals surface area contributed by atoms with Crippen LogP contribution in [0.5, 0.6) is 0 Å². The molecule has 0 bridgehead atoms. The van der Waals surface area contributed by atoms with Crippen LogP contribution >= 0.6 is 0 Å². The van der Waals surface area contributed by atoms with Gasteiger partial charge in [-0.3, -0.25) is 19.2 Å². The van der Waals surface area contributed by atoms with Crippen molar-refractivity contribution in [3.8, 4) is 23.1 Å². The lowest BCUT2D eigenvalue weighted by molar-refractivity contribution is -0.138. The first kappa shape index (κ1) is 37.1. The number of amides is 4. The van der Waals surface area contributed by atoms with Crippen LogP contribution in [-0.2, 0) is 19.2 Å². The number of H-pyrrole nitrogens is 2. The molecule has 3 aromatic carbocycles. The molecule has 0 unspecified atom stereocenters. The molecular formula is C46H46N8O4. The van der Waals surface area contributed by atoms with Gasteiger partial charge >= 0.3 is 0 Å². The molecule has 9 rings (SSSR count). The number of likely N-dealkylation sites (tertiary alicyclic amines) is 2. The second-order valence-corrected chi connectivity index (χ2v) is 15.8. The van der Waals surface area contributed by atoms with Crippen LogP contribution in [-0.4, -0.2) is 66.5 Å². The minimum Gasteiger partial charge on any atom is -0.340 e. The van der Waals surface area contributed by atoms with Gasteiger partial charge in [0.05, 0.1) is 30.2 Å². The topological polar surface area (TPSA) is 156 Å². The summed E-state index contributed by atoms with van der Waals surface area (Å²) in [5.74, 6) is 7.44. The van der Waals surface area contributed by atoms with E-state index in [1.54, 1.807) is 12.4 Å². The predicted octanol–water partition coefficient (Wildman–Crippen LogP) is 6.06. The number of aromatic nitrogens is 4. The van der Waals surface area contributed by atoms with Gasteiger partial charge in [-0.05, 0) is 86.1 Å². The molecular weight excluding hydrogens is 729 g/mol. The molecule has 4 atom stereocenters. The zero-order chi connectivity index (χ0) is 39.6. The highest BCUT2D eigenvalue weighted by Crippen LogP contribution is 2.37. The molecule has 12 heteroatoms. The Balaban J connectivity index is 0.853. The highest BCUT2D eigenvalue weighted by atomic mass is 16.2. The molecule has 5 aromatic rings. The van der Waals surface area contributed by atoms with Gasteiger partial charge in [0.25, 0.3) is 0 Å². The highest BCUT2D eigenvalue weighted by molar-refractivity contribution is 5.91. The van der Waals surface area contributed by atoms with Crippen LogP contribution in [0.2, 0.25) is 0 Å². The van der Waals surface area contributed by atoms with Gasteiger partial charge in [0.2, 0.25) is 23.6 Å². The van der Waals surface area contributed by atoms with Crippen LogP contribution in [0.3, 0.4) is 0 Å². The van der Waals surface area contributed by atoms with Crippen LogP contribution in [0.1, 0.15) is 110 Å². The molecule has 58 heavy (non-hydrogen) atoms. The van der Waals surface area contributed by atoms with Crippen molar-refractivity contribution >= 4 is 23.6 Å². The molecule has 2 saturated heterocycles. The summed E-state index contributed by atoms with van der Waals surface area (Å²) in [6.07, 6.45) is 10.2. The lowest BCUT2D eigenvalue weighted by Gasteiger charge is -2.28. The predicted molar refractivity (Wildman–Crippen MR) is 216 cm³/mol. The average molecular weight is 775 g/mol. The fraction of sp³-hybridized carbons (Fsp3) is 0.348. The lowest BCUT2D eigenvalue weighted by Crippen LogP contribution is -2.43. The SMILES string of the molecule is O=C(N[C@@H](C(=O)N1CCC[C@H]1c1ncc(C#Cc2ccc(-c3cnc([C@@H]4CCCN4C(=O)[C@H](NC(=O)C4CC4)c4ccccc4)[nH]3)cc2)[nH]1)c1ccccc1)C1CC1. The Morgan fingerprint density at radius 2 is 1.10 bits per heavy atom. The summed E-state index contributed by atoms with van der Waals surface area (Å²) in [6.45, 7) is 1.18. The van der Waals surface area contributed by atoms with Crippen LogP contribution in [0.25, 0.3) is 11.3 Å². The Hall–Kier alpha value is -6.48. The van der Waals surface area contributed by atoms with Crippen LogP contribution in [0, 0.1) is 23.7 Å². The summed E-state index contributed by atoms with van der Waals surface area (Å²) in [5, 5.41) is 6.06. The number of hydrogen-bond donors (Lipinski definition) is 4. The van der Waals surface area contributed by atoms with E-state index in [2.05, 4.69) is 37.4 Å². The van der Waals surface area contributed by atoms with Crippen LogP contribution in [0.4, 0.5) is 0 Å². The lowest BCUT2D eigenvalue weighted by atomic mass is 10.0. The molecule has 4 heterocycles. The number of nitrogens with zero attached hydrogens (tertiary/aromatic N) is 4. The number of nitrogens with one attached hydrogen (secondary N) is 4. The number of benzene rings is 3. The molecule has 2 aliphatic carbocycles. The standard InChI is InChI=1S/C46H46N8O4/c55-43(33-20-21-33)51-39(31-9-3-1-4-10-31)45(57)53-25-7-13-37(53)41-47-27-35(49-41)24-17-29-15-18-30(19-16-29)36-28-48-42(50-36)38-14-8-26-54(38)46(58)40(32-11-5-2-6-12-32)52-44(56)34-22-23-34/h1-6,9-12,15-16,18-19,27-28,33-34,37-40H,7-8,13-14,20-23,25-26H2,(H,47,49)(H,48,50)(H,51,55)(H,52,56)/t37-,38-,39+,40+/m0/s1. The Morgan fingerprint density at radius 3 is 1.62 bits per heavy atom. The first-order chi connectivity index (χ1) is 28.4. The highest BCUT2D eigenvalue weighted by Gasteiger charge is 2.40. The maximum atomic E-state index is 14.0. The van der Waals surface area contributed by atoms with Crippen molar-refractivity contribution in [3.63, 3.8) is 0 Å². The van der Waals surface area contributed by atoms with Crippen LogP contribution < -0.4 is 10.6 Å². The largest absolute Gasteiger partial charge is 0.340 e. The van der Waals surface area contributed by atoms with Crippen molar-refractivity contribution in [1.29, 1.82) is 0 Å². The number of hydrogen-bond acceptors (Lipinski definition) is 6. The van der Waals surface area contributed by atoms with Crippen molar-refractivity contribution in [2.24, 2.45) is 11.8 Å². The molecule has 4 amide bonds. The molecule has 2 aromatic heterocycles. The summed E-state index contributed by atoms with van der Waals surface area (Å²) >= 11 is 0. The Labute approximate surface area is 337 Å². The third-order valence-corrected chi connectivity index (χ3v) is 11.7. The zero-order valence-electron chi connectivity index (χ0n) is 32.2. The summed E-state index contributed by atoms with van der Waals surface area (Å²) in [4.78, 5) is 73.5. The molecule has 0 radical (unpaired) electrons. The number of carbonyl (C=O) groups is 4. The molecule has 4 fully saturated rings. The van der Waals surface area contributed by atoms with E-state index in [9.17, 15) is 19.2 Å².